The lowest BCUT2D eigenvalue weighted by molar-refractivity contribution is -0.0881. The summed E-state index contributed by atoms with van der Waals surface area (Å²) in [6.45, 7) is 5.97. The second kappa shape index (κ2) is 6.88. The van der Waals surface area contributed by atoms with Crippen molar-refractivity contribution < 1.29 is 9.13 Å². The van der Waals surface area contributed by atoms with Gasteiger partial charge in [-0.3, -0.25) is 0 Å². The van der Waals surface area contributed by atoms with Crippen molar-refractivity contribution in [2.75, 3.05) is 13.2 Å². The first-order chi connectivity index (χ1) is 9.55. The number of halogens is 2. The lowest BCUT2D eigenvalue weighted by Crippen LogP contribution is -2.53. The highest BCUT2D eigenvalue weighted by Gasteiger charge is 2.36. The molecule has 0 saturated carbocycles. The molecule has 4 heteroatoms. The van der Waals surface area contributed by atoms with E-state index in [1.807, 2.05) is 0 Å². The molecule has 0 aliphatic carbocycles. The van der Waals surface area contributed by atoms with Gasteiger partial charge in [-0.05, 0) is 56.8 Å². The summed E-state index contributed by atoms with van der Waals surface area (Å²) >= 11 is 5.87. The van der Waals surface area contributed by atoms with E-state index in [0.29, 0.717) is 0 Å². The fraction of sp³-hybridized carbons (Fsp3) is 0.625. The van der Waals surface area contributed by atoms with E-state index in [4.69, 9.17) is 16.3 Å². The van der Waals surface area contributed by atoms with Crippen LogP contribution in [0.4, 0.5) is 4.39 Å². The molecule has 2 rings (SSSR count). The molecule has 0 bridgehead atoms. The van der Waals surface area contributed by atoms with Gasteiger partial charge in [-0.2, -0.15) is 0 Å². The molecule has 0 amide bonds. The summed E-state index contributed by atoms with van der Waals surface area (Å²) in [4.78, 5) is 0. The summed E-state index contributed by atoms with van der Waals surface area (Å²) in [6.07, 6.45) is 4.18. The maximum atomic E-state index is 13.2. The van der Waals surface area contributed by atoms with E-state index in [0.717, 1.165) is 38.0 Å². The highest BCUT2D eigenvalue weighted by Crippen LogP contribution is 2.30. The molecule has 1 fully saturated rings. The van der Waals surface area contributed by atoms with Crippen LogP contribution in [0.15, 0.2) is 18.2 Å². The molecule has 112 valence electrons. The normalized spacial score (nSPS) is 24.6. The SMILES string of the molecule is CCNC(Cc1ccc(F)c(Cl)c1)C1(C)CCCCO1. The average molecular weight is 300 g/mol. The van der Waals surface area contributed by atoms with E-state index in [9.17, 15) is 4.39 Å². The van der Waals surface area contributed by atoms with Gasteiger partial charge >= 0.3 is 0 Å². The molecule has 2 nitrogen and oxygen atoms in total. The summed E-state index contributed by atoms with van der Waals surface area (Å²) in [5.74, 6) is -0.365. The van der Waals surface area contributed by atoms with Crippen LogP contribution in [0.1, 0.15) is 38.7 Å². The number of ether oxygens (including phenoxy) is 1. The van der Waals surface area contributed by atoms with E-state index >= 15 is 0 Å². The van der Waals surface area contributed by atoms with Gasteiger partial charge in [-0.25, -0.2) is 4.39 Å². The summed E-state index contributed by atoms with van der Waals surface area (Å²) in [5, 5.41) is 3.70. The molecule has 1 aromatic rings. The molecule has 1 N–H and O–H groups in total. The molecule has 2 unspecified atom stereocenters. The average Bonchev–Trinajstić information content (AvgIpc) is 2.43. The maximum Gasteiger partial charge on any atom is 0.141 e. The number of nitrogens with one attached hydrogen (secondary N) is 1. The van der Waals surface area contributed by atoms with Gasteiger partial charge in [0.15, 0.2) is 0 Å². The van der Waals surface area contributed by atoms with Crippen LogP contribution < -0.4 is 5.32 Å². The zero-order valence-corrected chi connectivity index (χ0v) is 13.0. The van der Waals surface area contributed by atoms with Crippen molar-refractivity contribution in [2.45, 2.75) is 51.2 Å². The molecule has 1 aromatic carbocycles. The Hall–Kier alpha value is -0.640. The minimum absolute atomic E-state index is 0.158. The van der Waals surface area contributed by atoms with Crippen LogP contribution >= 0.6 is 11.6 Å². The minimum Gasteiger partial charge on any atom is -0.374 e. The van der Waals surface area contributed by atoms with Crippen molar-refractivity contribution in [3.63, 3.8) is 0 Å². The zero-order chi connectivity index (χ0) is 14.6. The second-order valence-electron chi connectivity index (χ2n) is 5.68. The van der Waals surface area contributed by atoms with Crippen LogP contribution in [0, 0.1) is 5.82 Å². The highest BCUT2D eigenvalue weighted by atomic mass is 35.5. The molecular weight excluding hydrogens is 277 g/mol. The smallest absolute Gasteiger partial charge is 0.141 e. The van der Waals surface area contributed by atoms with Crippen LogP contribution in [0.2, 0.25) is 5.02 Å². The highest BCUT2D eigenvalue weighted by molar-refractivity contribution is 6.30. The molecule has 2 atom stereocenters. The Labute approximate surface area is 125 Å². The van der Waals surface area contributed by atoms with Gasteiger partial charge in [-0.1, -0.05) is 24.6 Å². The summed E-state index contributed by atoms with van der Waals surface area (Å²) in [7, 11) is 0. The first-order valence-electron chi connectivity index (χ1n) is 7.36. The first kappa shape index (κ1) is 15.7. The first-order valence-corrected chi connectivity index (χ1v) is 7.74. The molecule has 1 saturated heterocycles. The van der Waals surface area contributed by atoms with Crippen molar-refractivity contribution in [1.82, 2.24) is 5.32 Å². The second-order valence-corrected chi connectivity index (χ2v) is 6.09. The fourth-order valence-electron chi connectivity index (χ4n) is 2.88. The van der Waals surface area contributed by atoms with Crippen molar-refractivity contribution >= 4 is 11.6 Å². The van der Waals surface area contributed by atoms with Crippen LogP contribution in [0.5, 0.6) is 0 Å². The Morgan fingerprint density at radius 2 is 2.25 bits per heavy atom. The molecule has 1 heterocycles. The van der Waals surface area contributed by atoms with E-state index in [1.165, 1.54) is 12.5 Å². The maximum absolute atomic E-state index is 13.2. The molecule has 20 heavy (non-hydrogen) atoms. The number of hydrogen-bond donors (Lipinski definition) is 1. The van der Waals surface area contributed by atoms with Gasteiger partial charge in [0, 0.05) is 12.6 Å². The van der Waals surface area contributed by atoms with Crippen LogP contribution in [0.3, 0.4) is 0 Å². The quantitative estimate of drug-likeness (QED) is 0.888. The van der Waals surface area contributed by atoms with Crippen LogP contribution in [-0.2, 0) is 11.2 Å². The lowest BCUT2D eigenvalue weighted by Gasteiger charge is -2.41. The number of likely N-dealkylation sites (N-methyl/N-ethyl adjacent to an activating group) is 1. The van der Waals surface area contributed by atoms with E-state index in [1.54, 1.807) is 12.1 Å². The van der Waals surface area contributed by atoms with Gasteiger partial charge in [-0.15, -0.1) is 0 Å². The number of rotatable bonds is 5. The standard InChI is InChI=1S/C16H23ClFNO/c1-3-19-15(16(2)8-4-5-9-20-16)11-12-6-7-14(18)13(17)10-12/h6-7,10,15,19H,3-5,8-9,11H2,1-2H3. The molecular formula is C16H23ClFNO. The monoisotopic (exact) mass is 299 g/mol. The Morgan fingerprint density at radius 1 is 1.45 bits per heavy atom. The van der Waals surface area contributed by atoms with Crippen molar-refractivity contribution in [3.8, 4) is 0 Å². The molecule has 0 radical (unpaired) electrons. The third-order valence-corrected chi connectivity index (χ3v) is 4.40. The predicted molar refractivity (Wildman–Crippen MR) is 80.8 cm³/mol. The summed E-state index contributed by atoms with van der Waals surface area (Å²) in [5.41, 5.74) is 0.882. The molecule has 0 spiro atoms. The Morgan fingerprint density at radius 3 is 2.85 bits per heavy atom. The van der Waals surface area contributed by atoms with Crippen LogP contribution in [0.25, 0.3) is 0 Å². The third-order valence-electron chi connectivity index (χ3n) is 4.11. The van der Waals surface area contributed by atoms with Crippen molar-refractivity contribution in [1.29, 1.82) is 0 Å². The topological polar surface area (TPSA) is 21.3 Å². The molecule has 1 aliphatic heterocycles. The van der Waals surface area contributed by atoms with Gasteiger partial charge in [0.1, 0.15) is 5.82 Å². The Balaban J connectivity index is 2.13. The Bertz CT molecular complexity index is 446. The minimum atomic E-state index is -0.365. The molecule has 0 aromatic heterocycles. The van der Waals surface area contributed by atoms with Crippen molar-refractivity contribution in [2.24, 2.45) is 0 Å². The lowest BCUT2D eigenvalue weighted by atomic mass is 9.84. The van der Waals surface area contributed by atoms with Gasteiger partial charge in [0.2, 0.25) is 0 Å². The number of benzene rings is 1. The van der Waals surface area contributed by atoms with Gasteiger partial charge in [0.25, 0.3) is 0 Å². The van der Waals surface area contributed by atoms with E-state index in [-0.39, 0.29) is 22.5 Å². The van der Waals surface area contributed by atoms with Gasteiger partial charge < -0.3 is 10.1 Å². The predicted octanol–water partition coefficient (Wildman–Crippen LogP) is 3.96. The third kappa shape index (κ3) is 3.72. The van der Waals surface area contributed by atoms with Crippen molar-refractivity contribution in [3.05, 3.63) is 34.6 Å². The molecule has 1 aliphatic rings. The zero-order valence-electron chi connectivity index (χ0n) is 12.2. The van der Waals surface area contributed by atoms with Gasteiger partial charge in [0.05, 0.1) is 10.6 Å². The van der Waals surface area contributed by atoms with Crippen LogP contribution in [-0.4, -0.2) is 24.8 Å². The van der Waals surface area contributed by atoms with E-state index < -0.39 is 0 Å². The largest absolute Gasteiger partial charge is 0.374 e. The summed E-state index contributed by atoms with van der Waals surface area (Å²) in [6, 6.07) is 5.17. The Kier molecular flexibility index (Phi) is 5.42. The summed E-state index contributed by atoms with van der Waals surface area (Å²) < 4.78 is 19.3. The van der Waals surface area contributed by atoms with E-state index in [2.05, 4.69) is 19.2 Å². The number of hydrogen-bond acceptors (Lipinski definition) is 2. The fourth-order valence-corrected chi connectivity index (χ4v) is 3.09.